The van der Waals surface area contributed by atoms with Crippen molar-refractivity contribution in [1.29, 1.82) is 0 Å². The number of aliphatic hydroxyl groups is 1. The van der Waals surface area contributed by atoms with Crippen LogP contribution in [0.15, 0.2) is 42.5 Å². The Morgan fingerprint density at radius 3 is 2.79 bits per heavy atom. The van der Waals surface area contributed by atoms with E-state index in [9.17, 15) is 9.90 Å². The van der Waals surface area contributed by atoms with E-state index < -0.39 is 6.10 Å². The van der Waals surface area contributed by atoms with Crippen molar-refractivity contribution in [2.24, 2.45) is 0 Å². The first-order valence-electron chi connectivity index (χ1n) is 11.3. The number of carbonyl (C=O) groups excluding carboxylic acids is 1. The fourth-order valence-corrected chi connectivity index (χ4v) is 4.90. The molecule has 0 unspecified atom stereocenters. The normalized spacial score (nSPS) is 16.2. The van der Waals surface area contributed by atoms with E-state index in [1.165, 1.54) is 4.79 Å². The van der Waals surface area contributed by atoms with Crippen LogP contribution < -0.4 is 10.2 Å². The first-order chi connectivity index (χ1) is 16.5. The van der Waals surface area contributed by atoms with Crippen LogP contribution in [0, 0.1) is 6.92 Å². The fraction of sp³-hybridized carbons (Fsp3) is 0.391. The molecule has 1 amide bonds. The Hall–Kier alpha value is -3.12. The number of hydrogen-bond donors (Lipinski definition) is 2. The molecule has 2 aromatic carbocycles. The molecule has 0 spiro atoms. The Bertz CT molecular complexity index is 1280. The predicted octanol–water partition coefficient (Wildman–Crippen LogP) is 1.48. The molecule has 11 heteroatoms. The lowest BCUT2D eigenvalue weighted by atomic mass is 10.2. The second-order valence-corrected chi connectivity index (χ2v) is 9.66. The lowest BCUT2D eigenvalue weighted by Crippen LogP contribution is -2.51. The largest absolute Gasteiger partial charge is 0.491 e. The average Bonchev–Trinajstić information content (AvgIpc) is 3.41. The van der Waals surface area contributed by atoms with Gasteiger partial charge in [0.05, 0.1) is 21.8 Å². The van der Waals surface area contributed by atoms with Gasteiger partial charge in [-0.1, -0.05) is 12.1 Å². The number of benzene rings is 2. The summed E-state index contributed by atoms with van der Waals surface area (Å²) in [6, 6.07) is 13.3. The quantitative estimate of drug-likeness (QED) is 0.390. The van der Waals surface area contributed by atoms with Crippen molar-refractivity contribution in [1.82, 2.24) is 29.9 Å². The minimum atomic E-state index is -0.594. The van der Waals surface area contributed by atoms with Gasteiger partial charge in [-0.2, -0.15) is 4.79 Å². The summed E-state index contributed by atoms with van der Waals surface area (Å²) in [6.45, 7) is 6.08. The summed E-state index contributed by atoms with van der Waals surface area (Å²) in [5.41, 5.74) is 5.21. The first-order valence-corrected chi connectivity index (χ1v) is 12.1. The van der Waals surface area contributed by atoms with Gasteiger partial charge in [-0.25, -0.2) is 10.4 Å². The van der Waals surface area contributed by atoms with Gasteiger partial charge in [0.1, 0.15) is 29.5 Å². The fourth-order valence-electron chi connectivity index (χ4n) is 4.09. The van der Waals surface area contributed by atoms with Crippen LogP contribution in [0.25, 0.3) is 21.3 Å². The maximum absolute atomic E-state index is 12.5. The third kappa shape index (κ3) is 5.33. The zero-order chi connectivity index (χ0) is 23.5. The van der Waals surface area contributed by atoms with Crippen molar-refractivity contribution in [3.05, 3.63) is 47.5 Å². The molecule has 4 aromatic rings. The number of para-hydroxylation sites is 1. The number of ether oxygens (including phenoxy) is 1. The van der Waals surface area contributed by atoms with Crippen LogP contribution in [-0.2, 0) is 4.79 Å². The third-order valence-corrected chi connectivity index (χ3v) is 6.74. The molecule has 34 heavy (non-hydrogen) atoms. The molecule has 3 heterocycles. The number of aromatic nitrogens is 4. The number of fused-ring (bicyclic) bond motifs is 2. The van der Waals surface area contributed by atoms with Gasteiger partial charge in [0.2, 0.25) is 0 Å². The monoisotopic (exact) mass is 481 g/mol. The maximum atomic E-state index is 12.5. The molecule has 2 aromatic heterocycles. The van der Waals surface area contributed by atoms with Crippen molar-refractivity contribution < 1.29 is 14.6 Å². The number of aliphatic hydroxyl groups excluding tert-OH is 1. The highest BCUT2D eigenvalue weighted by Crippen LogP contribution is 2.25. The van der Waals surface area contributed by atoms with Crippen molar-refractivity contribution in [2.45, 2.75) is 13.0 Å². The number of β-amino-alcohol motifs (C(OH)–C–C–N with tert-alkyl or cyclic N) is 1. The lowest BCUT2D eigenvalue weighted by Gasteiger charge is -2.35. The molecule has 0 bridgehead atoms. The van der Waals surface area contributed by atoms with E-state index in [0.717, 1.165) is 52.4 Å². The lowest BCUT2D eigenvalue weighted by molar-refractivity contribution is -0.118. The van der Waals surface area contributed by atoms with E-state index >= 15 is 0 Å². The van der Waals surface area contributed by atoms with Crippen molar-refractivity contribution in [3.8, 4) is 5.75 Å². The topological polar surface area (TPSA) is 109 Å². The van der Waals surface area contributed by atoms with Crippen LogP contribution in [0.5, 0.6) is 5.75 Å². The SMILES string of the molecule is Cc1nc2cc(OC[C@H](O)CN3CCN(CC(=O)Nn4nnc5ccccc54)CC3)ccc2s1. The van der Waals surface area contributed by atoms with Gasteiger partial charge in [-0.05, 0) is 36.4 Å². The van der Waals surface area contributed by atoms with Gasteiger partial charge in [0.25, 0.3) is 5.91 Å². The van der Waals surface area contributed by atoms with Crippen molar-refractivity contribution in [2.75, 3.05) is 51.3 Å². The van der Waals surface area contributed by atoms with Crippen LogP contribution in [0.4, 0.5) is 0 Å². The van der Waals surface area contributed by atoms with E-state index in [2.05, 4.69) is 30.5 Å². The minimum Gasteiger partial charge on any atom is -0.491 e. The van der Waals surface area contributed by atoms with Crippen LogP contribution in [-0.4, -0.2) is 92.9 Å². The molecule has 1 atom stereocenters. The van der Waals surface area contributed by atoms with E-state index in [1.807, 2.05) is 49.4 Å². The molecule has 0 radical (unpaired) electrons. The Balaban J connectivity index is 1.04. The van der Waals surface area contributed by atoms with E-state index in [-0.39, 0.29) is 19.1 Å². The molecule has 0 saturated carbocycles. The van der Waals surface area contributed by atoms with E-state index in [1.54, 1.807) is 11.3 Å². The Labute approximate surface area is 200 Å². The summed E-state index contributed by atoms with van der Waals surface area (Å²) in [5.74, 6) is 0.581. The smallest absolute Gasteiger partial charge is 0.254 e. The molecule has 1 saturated heterocycles. The molecule has 1 aliphatic rings. The Kier molecular flexibility index (Phi) is 6.68. The van der Waals surface area contributed by atoms with E-state index in [0.29, 0.717) is 12.3 Å². The summed E-state index contributed by atoms with van der Waals surface area (Å²) in [4.78, 5) is 22.7. The number of carbonyl (C=O) groups is 1. The highest BCUT2D eigenvalue weighted by molar-refractivity contribution is 7.18. The Morgan fingerprint density at radius 1 is 1.15 bits per heavy atom. The molecule has 178 valence electrons. The van der Waals surface area contributed by atoms with Gasteiger partial charge >= 0.3 is 0 Å². The summed E-state index contributed by atoms with van der Waals surface area (Å²) in [7, 11) is 0. The van der Waals surface area contributed by atoms with Crippen LogP contribution >= 0.6 is 11.3 Å². The number of rotatable bonds is 8. The summed E-state index contributed by atoms with van der Waals surface area (Å²) < 4.78 is 6.92. The zero-order valence-electron chi connectivity index (χ0n) is 18.9. The number of amides is 1. The number of piperazine rings is 1. The number of aryl methyl sites for hydroxylation is 1. The molecule has 2 N–H and O–H groups in total. The van der Waals surface area contributed by atoms with Gasteiger partial charge < -0.3 is 9.84 Å². The number of hydrogen-bond acceptors (Lipinski definition) is 9. The molecule has 5 rings (SSSR count). The highest BCUT2D eigenvalue weighted by Gasteiger charge is 2.21. The third-order valence-electron chi connectivity index (χ3n) is 5.79. The summed E-state index contributed by atoms with van der Waals surface area (Å²) in [5, 5.41) is 19.5. The van der Waals surface area contributed by atoms with Crippen LogP contribution in [0.3, 0.4) is 0 Å². The van der Waals surface area contributed by atoms with Gasteiger partial charge in [0, 0.05) is 38.8 Å². The number of nitrogens with zero attached hydrogens (tertiary/aromatic N) is 6. The molecule has 0 aliphatic carbocycles. The van der Waals surface area contributed by atoms with E-state index in [4.69, 9.17) is 4.74 Å². The first kappa shape index (κ1) is 22.7. The summed E-state index contributed by atoms with van der Waals surface area (Å²) in [6.07, 6.45) is -0.594. The van der Waals surface area contributed by atoms with Gasteiger partial charge in [0.15, 0.2) is 0 Å². The van der Waals surface area contributed by atoms with Crippen LogP contribution in [0.1, 0.15) is 5.01 Å². The number of thiazole rings is 1. The molecule has 10 nitrogen and oxygen atoms in total. The van der Waals surface area contributed by atoms with Gasteiger partial charge in [-0.3, -0.25) is 14.6 Å². The van der Waals surface area contributed by atoms with Crippen molar-refractivity contribution >= 4 is 38.5 Å². The average molecular weight is 482 g/mol. The highest BCUT2D eigenvalue weighted by atomic mass is 32.1. The molecular weight excluding hydrogens is 454 g/mol. The molecular formula is C23H27N7O3S. The minimum absolute atomic E-state index is 0.134. The Morgan fingerprint density at radius 2 is 1.94 bits per heavy atom. The van der Waals surface area contributed by atoms with Crippen LogP contribution in [0.2, 0.25) is 0 Å². The second kappa shape index (κ2) is 10.0. The van der Waals surface area contributed by atoms with Crippen molar-refractivity contribution in [3.63, 3.8) is 0 Å². The number of nitrogens with one attached hydrogen (secondary N) is 1. The summed E-state index contributed by atoms with van der Waals surface area (Å²) >= 11 is 1.65. The zero-order valence-corrected chi connectivity index (χ0v) is 19.7. The molecule has 1 aliphatic heterocycles. The molecule has 1 fully saturated rings. The standard InChI is InChI=1S/C23H27N7O3S/c1-16-24-20-12-18(6-7-22(20)34-16)33-15-17(31)13-28-8-10-29(11-9-28)14-23(32)26-30-21-5-3-2-4-19(21)25-27-30/h2-7,12,17,31H,8-11,13-15H2,1H3,(H,26,32)/t17-/m1/s1. The second-order valence-electron chi connectivity index (χ2n) is 8.43. The maximum Gasteiger partial charge on any atom is 0.254 e. The van der Waals surface area contributed by atoms with Gasteiger partial charge in [-0.15, -0.1) is 16.4 Å². The predicted molar refractivity (Wildman–Crippen MR) is 131 cm³/mol.